The minimum absolute atomic E-state index is 0.725. The van der Waals surface area contributed by atoms with Crippen LogP contribution in [0, 0.1) is 0 Å². The van der Waals surface area contributed by atoms with Gasteiger partial charge >= 0.3 is 0 Å². The average Bonchev–Trinajstić information content (AvgIpc) is 2.89. The van der Waals surface area contributed by atoms with Crippen LogP contribution in [0.4, 0.5) is 5.82 Å². The van der Waals surface area contributed by atoms with Gasteiger partial charge in [-0.15, -0.1) is 0 Å². The van der Waals surface area contributed by atoms with Gasteiger partial charge in [0.2, 0.25) is 0 Å². The molecular formula is C15H26N4. The lowest BCUT2D eigenvalue weighted by atomic mass is 10.2. The molecule has 4 heteroatoms. The normalized spacial score (nSPS) is 20.1. The lowest BCUT2D eigenvalue weighted by Crippen LogP contribution is -2.37. The maximum Gasteiger partial charge on any atom is 0.126 e. The van der Waals surface area contributed by atoms with E-state index >= 15 is 0 Å². The maximum atomic E-state index is 4.60. The van der Waals surface area contributed by atoms with E-state index in [1.54, 1.807) is 0 Å². The summed E-state index contributed by atoms with van der Waals surface area (Å²) in [7, 11) is 1.92. The Kier molecular flexibility index (Phi) is 5.16. The van der Waals surface area contributed by atoms with Gasteiger partial charge in [0, 0.05) is 32.7 Å². The summed E-state index contributed by atoms with van der Waals surface area (Å²) >= 11 is 0. The largest absolute Gasteiger partial charge is 0.373 e. The molecule has 0 spiro atoms. The van der Waals surface area contributed by atoms with E-state index in [1.165, 1.54) is 19.5 Å². The first-order valence-electron chi connectivity index (χ1n) is 7.36. The van der Waals surface area contributed by atoms with Crippen LogP contribution in [-0.4, -0.2) is 54.1 Å². The number of likely N-dealkylation sites (N-methyl/N-ethyl adjacent to an activating group) is 1. The quantitative estimate of drug-likeness (QED) is 0.850. The van der Waals surface area contributed by atoms with Crippen LogP contribution in [-0.2, 0) is 6.54 Å². The first kappa shape index (κ1) is 14.3. The third kappa shape index (κ3) is 3.67. The van der Waals surface area contributed by atoms with Gasteiger partial charge in [-0.2, -0.15) is 0 Å². The van der Waals surface area contributed by atoms with E-state index in [0.717, 1.165) is 37.2 Å². The van der Waals surface area contributed by atoms with Crippen LogP contribution in [0.3, 0.4) is 0 Å². The highest BCUT2D eigenvalue weighted by molar-refractivity contribution is 5.34. The predicted molar refractivity (Wildman–Crippen MR) is 80.4 cm³/mol. The molecule has 1 aliphatic rings. The topological polar surface area (TPSA) is 31.4 Å². The van der Waals surface area contributed by atoms with Gasteiger partial charge in [-0.25, -0.2) is 4.98 Å². The monoisotopic (exact) mass is 262 g/mol. The standard InChI is InChI=1S/C15H26N4/c1-4-19(5-2)14-9-10-18(12-14)11-13-7-6-8-15(16-3)17-13/h6-8,14H,4-5,9-12H2,1-3H3,(H,16,17). The summed E-state index contributed by atoms with van der Waals surface area (Å²) in [6, 6.07) is 6.92. The molecule has 2 heterocycles. The van der Waals surface area contributed by atoms with Gasteiger partial charge in [0.25, 0.3) is 0 Å². The Balaban J connectivity index is 1.90. The summed E-state index contributed by atoms with van der Waals surface area (Å²) in [4.78, 5) is 9.68. The van der Waals surface area contributed by atoms with E-state index in [4.69, 9.17) is 0 Å². The highest BCUT2D eigenvalue weighted by Crippen LogP contribution is 2.17. The molecular weight excluding hydrogens is 236 g/mol. The van der Waals surface area contributed by atoms with Crippen molar-refractivity contribution in [2.24, 2.45) is 0 Å². The SMILES string of the molecule is CCN(CC)C1CCN(Cc2cccc(NC)n2)C1. The van der Waals surface area contributed by atoms with Gasteiger partial charge in [0.1, 0.15) is 5.82 Å². The number of rotatable bonds is 6. The van der Waals surface area contributed by atoms with Crippen molar-refractivity contribution >= 4 is 5.82 Å². The smallest absolute Gasteiger partial charge is 0.126 e. The fourth-order valence-electron chi connectivity index (χ4n) is 2.93. The zero-order valence-electron chi connectivity index (χ0n) is 12.4. The number of aromatic nitrogens is 1. The molecule has 0 aromatic carbocycles. The lowest BCUT2D eigenvalue weighted by Gasteiger charge is -2.26. The Labute approximate surface area is 116 Å². The van der Waals surface area contributed by atoms with Gasteiger partial charge in [0.05, 0.1) is 5.69 Å². The van der Waals surface area contributed by atoms with E-state index in [-0.39, 0.29) is 0 Å². The summed E-state index contributed by atoms with van der Waals surface area (Å²) < 4.78 is 0. The van der Waals surface area contributed by atoms with Gasteiger partial charge in [-0.1, -0.05) is 19.9 Å². The fourth-order valence-corrected chi connectivity index (χ4v) is 2.93. The molecule has 1 aliphatic heterocycles. The summed E-state index contributed by atoms with van der Waals surface area (Å²) in [5.41, 5.74) is 1.16. The maximum absolute atomic E-state index is 4.60. The number of likely N-dealkylation sites (tertiary alicyclic amines) is 1. The van der Waals surface area contributed by atoms with Crippen LogP contribution < -0.4 is 5.32 Å². The van der Waals surface area contributed by atoms with Crippen LogP contribution in [0.2, 0.25) is 0 Å². The Morgan fingerprint density at radius 2 is 2.16 bits per heavy atom. The van der Waals surface area contributed by atoms with Crippen molar-refractivity contribution in [3.05, 3.63) is 23.9 Å². The number of hydrogen-bond acceptors (Lipinski definition) is 4. The van der Waals surface area contributed by atoms with Crippen molar-refractivity contribution in [3.63, 3.8) is 0 Å². The second-order valence-electron chi connectivity index (χ2n) is 5.16. The second kappa shape index (κ2) is 6.87. The molecule has 1 aromatic rings. The molecule has 0 aliphatic carbocycles. The molecule has 1 N–H and O–H groups in total. The molecule has 0 amide bonds. The minimum Gasteiger partial charge on any atom is -0.373 e. The van der Waals surface area contributed by atoms with Gasteiger partial charge < -0.3 is 5.32 Å². The minimum atomic E-state index is 0.725. The van der Waals surface area contributed by atoms with Crippen molar-refractivity contribution in [2.45, 2.75) is 32.9 Å². The second-order valence-corrected chi connectivity index (χ2v) is 5.16. The van der Waals surface area contributed by atoms with E-state index in [9.17, 15) is 0 Å². The first-order chi connectivity index (χ1) is 9.26. The number of hydrogen-bond donors (Lipinski definition) is 1. The Bertz CT molecular complexity index is 389. The average molecular weight is 262 g/mol. The third-order valence-corrected chi connectivity index (χ3v) is 4.02. The van der Waals surface area contributed by atoms with Crippen molar-refractivity contribution < 1.29 is 0 Å². The van der Waals surface area contributed by atoms with Crippen LogP contribution >= 0.6 is 0 Å². The zero-order chi connectivity index (χ0) is 13.7. The predicted octanol–water partition coefficient (Wildman–Crippen LogP) is 2.04. The van der Waals surface area contributed by atoms with Gasteiger partial charge in [-0.3, -0.25) is 9.80 Å². The molecule has 1 atom stereocenters. The third-order valence-electron chi connectivity index (χ3n) is 4.02. The summed E-state index contributed by atoms with van der Waals surface area (Å²) in [6.45, 7) is 10.1. The molecule has 1 aromatic heterocycles. The zero-order valence-corrected chi connectivity index (χ0v) is 12.4. The van der Waals surface area contributed by atoms with Crippen molar-refractivity contribution in [1.29, 1.82) is 0 Å². The summed E-state index contributed by atoms with van der Waals surface area (Å²) in [5, 5.41) is 3.10. The molecule has 1 saturated heterocycles. The van der Waals surface area contributed by atoms with Crippen molar-refractivity contribution in [3.8, 4) is 0 Å². The van der Waals surface area contributed by atoms with E-state index in [0.29, 0.717) is 0 Å². The summed E-state index contributed by atoms with van der Waals surface area (Å²) in [5.74, 6) is 0.956. The molecule has 4 nitrogen and oxygen atoms in total. The van der Waals surface area contributed by atoms with Crippen LogP contribution in [0.15, 0.2) is 18.2 Å². The number of anilines is 1. The van der Waals surface area contributed by atoms with Crippen LogP contribution in [0.25, 0.3) is 0 Å². The number of nitrogens with one attached hydrogen (secondary N) is 1. The molecule has 19 heavy (non-hydrogen) atoms. The van der Waals surface area contributed by atoms with E-state index in [2.05, 4.69) is 46.1 Å². The molecule has 0 bridgehead atoms. The Morgan fingerprint density at radius 3 is 2.84 bits per heavy atom. The molecule has 2 rings (SSSR count). The highest BCUT2D eigenvalue weighted by Gasteiger charge is 2.26. The van der Waals surface area contributed by atoms with Crippen LogP contribution in [0.1, 0.15) is 26.0 Å². The van der Waals surface area contributed by atoms with Gasteiger partial charge in [0.15, 0.2) is 0 Å². The van der Waals surface area contributed by atoms with Crippen LogP contribution in [0.5, 0.6) is 0 Å². The lowest BCUT2D eigenvalue weighted by molar-refractivity contribution is 0.208. The highest BCUT2D eigenvalue weighted by atomic mass is 15.2. The fraction of sp³-hybridized carbons (Fsp3) is 0.667. The first-order valence-corrected chi connectivity index (χ1v) is 7.36. The molecule has 1 fully saturated rings. The number of pyridine rings is 1. The summed E-state index contributed by atoms with van der Waals surface area (Å²) in [6.07, 6.45) is 1.29. The van der Waals surface area contributed by atoms with Crippen molar-refractivity contribution in [2.75, 3.05) is 38.5 Å². The molecule has 106 valence electrons. The number of nitrogens with zero attached hydrogens (tertiary/aromatic N) is 3. The van der Waals surface area contributed by atoms with Gasteiger partial charge in [-0.05, 0) is 31.6 Å². The van der Waals surface area contributed by atoms with E-state index in [1.807, 2.05) is 13.1 Å². The molecule has 0 radical (unpaired) electrons. The van der Waals surface area contributed by atoms with Crippen molar-refractivity contribution in [1.82, 2.24) is 14.8 Å². The Morgan fingerprint density at radius 1 is 1.37 bits per heavy atom. The Hall–Kier alpha value is -1.13. The van der Waals surface area contributed by atoms with E-state index < -0.39 is 0 Å². The molecule has 0 saturated carbocycles. The molecule has 1 unspecified atom stereocenters.